The average molecular weight is 351 g/mol. The van der Waals surface area contributed by atoms with Crippen molar-refractivity contribution < 1.29 is 19.0 Å². The maximum Gasteiger partial charge on any atom is 0.161 e. The van der Waals surface area contributed by atoms with Crippen LogP contribution in [0.4, 0.5) is 0 Å². The zero-order valence-electron chi connectivity index (χ0n) is 11.8. The first-order valence-electron chi connectivity index (χ1n) is 6.26. The number of ether oxygens (including phenoxy) is 3. The van der Waals surface area contributed by atoms with Crippen LogP contribution >= 0.6 is 15.9 Å². The molecule has 0 aliphatic rings. The third-order valence-electron chi connectivity index (χ3n) is 2.94. The van der Waals surface area contributed by atoms with Gasteiger partial charge in [0, 0.05) is 4.47 Å². The van der Waals surface area contributed by atoms with Crippen LogP contribution in [0.5, 0.6) is 17.2 Å². The molecule has 0 aliphatic heterocycles. The second-order valence-corrected chi connectivity index (χ2v) is 5.19. The summed E-state index contributed by atoms with van der Waals surface area (Å²) in [5.74, 6) is 1.85. The molecule has 0 aromatic heterocycles. The molecule has 0 fully saturated rings. The Morgan fingerprint density at radius 2 is 1.71 bits per heavy atom. The maximum atomic E-state index is 11.0. The number of methoxy groups -OCH3 is 2. The van der Waals surface area contributed by atoms with Gasteiger partial charge in [0.1, 0.15) is 12.4 Å². The highest BCUT2D eigenvalue weighted by Crippen LogP contribution is 2.28. The molecule has 2 rings (SSSR count). The molecule has 0 atom stereocenters. The van der Waals surface area contributed by atoms with Crippen molar-refractivity contribution in [2.75, 3.05) is 14.2 Å². The lowest BCUT2D eigenvalue weighted by Crippen LogP contribution is -1.99. The second-order valence-electron chi connectivity index (χ2n) is 4.28. The molecule has 0 aliphatic carbocycles. The molecule has 0 N–H and O–H groups in total. The van der Waals surface area contributed by atoms with Crippen molar-refractivity contribution in [1.82, 2.24) is 0 Å². The molecule has 110 valence electrons. The summed E-state index contributed by atoms with van der Waals surface area (Å²) in [5.41, 5.74) is 1.43. The molecule has 0 amide bonds. The smallest absolute Gasteiger partial charge is 0.161 e. The van der Waals surface area contributed by atoms with Crippen molar-refractivity contribution in [3.05, 3.63) is 52.0 Å². The molecule has 0 radical (unpaired) electrons. The summed E-state index contributed by atoms with van der Waals surface area (Å²) >= 11 is 3.32. The minimum absolute atomic E-state index is 0.336. The van der Waals surface area contributed by atoms with E-state index < -0.39 is 0 Å². The van der Waals surface area contributed by atoms with E-state index in [1.807, 2.05) is 24.3 Å². The zero-order chi connectivity index (χ0) is 15.2. The standard InChI is InChI=1S/C16H15BrO4/c1-19-15-5-3-11(7-16(15)20-2)10-21-14-6-4-13(17)8-12(14)9-18/h3-9H,10H2,1-2H3. The molecular weight excluding hydrogens is 336 g/mol. The van der Waals surface area contributed by atoms with Gasteiger partial charge in [-0.15, -0.1) is 0 Å². The molecule has 2 aromatic rings. The number of carbonyl (C=O) groups is 1. The highest BCUT2D eigenvalue weighted by atomic mass is 79.9. The van der Waals surface area contributed by atoms with Gasteiger partial charge in [0.15, 0.2) is 17.8 Å². The van der Waals surface area contributed by atoms with Gasteiger partial charge in [0.05, 0.1) is 19.8 Å². The Labute approximate surface area is 131 Å². The van der Waals surface area contributed by atoms with E-state index in [1.54, 1.807) is 26.4 Å². The predicted octanol–water partition coefficient (Wildman–Crippen LogP) is 3.86. The molecule has 21 heavy (non-hydrogen) atoms. The molecule has 0 unspecified atom stereocenters. The number of halogens is 1. The number of hydrogen-bond acceptors (Lipinski definition) is 4. The van der Waals surface area contributed by atoms with Gasteiger partial charge in [-0.3, -0.25) is 4.79 Å². The molecule has 4 nitrogen and oxygen atoms in total. The fourth-order valence-corrected chi connectivity index (χ4v) is 2.25. The summed E-state index contributed by atoms with van der Waals surface area (Å²) in [6.07, 6.45) is 0.773. The first kappa shape index (κ1) is 15.4. The van der Waals surface area contributed by atoms with Crippen LogP contribution in [-0.2, 0) is 6.61 Å². The van der Waals surface area contributed by atoms with Gasteiger partial charge in [-0.05, 0) is 35.9 Å². The summed E-state index contributed by atoms with van der Waals surface area (Å²) in [7, 11) is 3.17. The number of hydrogen-bond donors (Lipinski definition) is 0. The fourth-order valence-electron chi connectivity index (χ4n) is 1.87. The predicted molar refractivity (Wildman–Crippen MR) is 83.4 cm³/mol. The monoisotopic (exact) mass is 350 g/mol. The third kappa shape index (κ3) is 3.76. The molecular formula is C16H15BrO4. The van der Waals surface area contributed by atoms with Crippen LogP contribution < -0.4 is 14.2 Å². The van der Waals surface area contributed by atoms with E-state index in [0.717, 1.165) is 16.3 Å². The van der Waals surface area contributed by atoms with E-state index in [2.05, 4.69) is 15.9 Å². The van der Waals surface area contributed by atoms with Gasteiger partial charge in [-0.25, -0.2) is 0 Å². The van der Waals surface area contributed by atoms with E-state index in [4.69, 9.17) is 14.2 Å². The molecule has 5 heteroatoms. The minimum atomic E-state index is 0.336. The van der Waals surface area contributed by atoms with Crippen LogP contribution in [0.2, 0.25) is 0 Å². The average Bonchev–Trinajstić information content (AvgIpc) is 2.53. The van der Waals surface area contributed by atoms with Gasteiger partial charge < -0.3 is 14.2 Å². The lowest BCUT2D eigenvalue weighted by molar-refractivity contribution is 0.111. The Hall–Kier alpha value is -2.01. The topological polar surface area (TPSA) is 44.8 Å². The Morgan fingerprint density at radius 3 is 2.38 bits per heavy atom. The van der Waals surface area contributed by atoms with Gasteiger partial charge >= 0.3 is 0 Å². The first-order chi connectivity index (χ1) is 10.2. The minimum Gasteiger partial charge on any atom is -0.493 e. The number of carbonyl (C=O) groups excluding carboxylic acids is 1. The Balaban J connectivity index is 2.15. The highest BCUT2D eigenvalue weighted by molar-refractivity contribution is 9.10. The van der Waals surface area contributed by atoms with Crippen molar-refractivity contribution in [3.8, 4) is 17.2 Å². The van der Waals surface area contributed by atoms with Gasteiger partial charge in [-0.2, -0.15) is 0 Å². The van der Waals surface area contributed by atoms with Crippen LogP contribution in [0.3, 0.4) is 0 Å². The second kappa shape index (κ2) is 7.13. The summed E-state index contributed by atoms with van der Waals surface area (Å²) in [6.45, 7) is 0.336. The van der Waals surface area contributed by atoms with Gasteiger partial charge in [0.2, 0.25) is 0 Å². The lowest BCUT2D eigenvalue weighted by atomic mass is 10.2. The van der Waals surface area contributed by atoms with Crippen LogP contribution in [0.15, 0.2) is 40.9 Å². The van der Waals surface area contributed by atoms with Crippen LogP contribution in [-0.4, -0.2) is 20.5 Å². The van der Waals surface area contributed by atoms with Crippen molar-refractivity contribution in [2.45, 2.75) is 6.61 Å². The quantitative estimate of drug-likeness (QED) is 0.742. The van der Waals surface area contributed by atoms with Crippen molar-refractivity contribution in [2.24, 2.45) is 0 Å². The van der Waals surface area contributed by atoms with E-state index in [9.17, 15) is 4.79 Å². The Kier molecular flexibility index (Phi) is 5.22. The summed E-state index contributed by atoms with van der Waals surface area (Å²) in [6, 6.07) is 10.9. The number of benzene rings is 2. The summed E-state index contributed by atoms with van der Waals surface area (Å²) in [4.78, 5) is 11.0. The van der Waals surface area contributed by atoms with Crippen LogP contribution in [0.1, 0.15) is 15.9 Å². The summed E-state index contributed by atoms with van der Waals surface area (Å²) < 4.78 is 17.0. The van der Waals surface area contributed by atoms with Gasteiger partial charge in [-0.1, -0.05) is 22.0 Å². The maximum absolute atomic E-state index is 11.0. The normalized spacial score (nSPS) is 10.0. The largest absolute Gasteiger partial charge is 0.493 e. The fraction of sp³-hybridized carbons (Fsp3) is 0.188. The number of aldehydes is 1. The van der Waals surface area contributed by atoms with Crippen molar-refractivity contribution in [3.63, 3.8) is 0 Å². The molecule has 0 heterocycles. The van der Waals surface area contributed by atoms with Crippen LogP contribution in [0, 0.1) is 0 Å². The third-order valence-corrected chi connectivity index (χ3v) is 3.43. The van der Waals surface area contributed by atoms with E-state index in [1.165, 1.54) is 0 Å². The first-order valence-corrected chi connectivity index (χ1v) is 7.05. The van der Waals surface area contributed by atoms with Crippen LogP contribution in [0.25, 0.3) is 0 Å². The molecule has 2 aromatic carbocycles. The van der Waals surface area contributed by atoms with E-state index in [-0.39, 0.29) is 0 Å². The highest BCUT2D eigenvalue weighted by Gasteiger charge is 2.07. The Bertz CT molecular complexity index is 640. The SMILES string of the molecule is COc1ccc(COc2ccc(Br)cc2C=O)cc1OC. The molecule has 0 saturated heterocycles. The van der Waals surface area contributed by atoms with E-state index >= 15 is 0 Å². The molecule has 0 bridgehead atoms. The summed E-state index contributed by atoms with van der Waals surface area (Å²) in [5, 5.41) is 0. The van der Waals surface area contributed by atoms with Crippen molar-refractivity contribution in [1.29, 1.82) is 0 Å². The van der Waals surface area contributed by atoms with E-state index in [0.29, 0.717) is 29.4 Å². The molecule has 0 saturated carbocycles. The molecule has 0 spiro atoms. The Morgan fingerprint density at radius 1 is 1.00 bits per heavy atom. The lowest BCUT2D eigenvalue weighted by Gasteiger charge is -2.11. The number of rotatable bonds is 6. The van der Waals surface area contributed by atoms with Crippen molar-refractivity contribution >= 4 is 22.2 Å². The van der Waals surface area contributed by atoms with Gasteiger partial charge in [0.25, 0.3) is 0 Å². The zero-order valence-corrected chi connectivity index (χ0v) is 13.3.